The average Bonchev–Trinajstić information content (AvgIpc) is 3.45. The van der Waals surface area contributed by atoms with E-state index < -0.39 is 5.60 Å². The number of nitrogens with zero attached hydrogens (tertiary/aromatic N) is 6. The van der Waals surface area contributed by atoms with E-state index >= 15 is 0 Å². The highest BCUT2D eigenvalue weighted by Gasteiger charge is 2.45. The lowest BCUT2D eigenvalue weighted by Gasteiger charge is -2.21. The lowest BCUT2D eigenvalue weighted by Crippen LogP contribution is -2.36. The number of likely N-dealkylation sites (N-methyl/N-ethyl adjacent to an activating group) is 1. The second-order valence-electron chi connectivity index (χ2n) is 8.19. The Labute approximate surface area is 200 Å². The van der Waals surface area contributed by atoms with Crippen LogP contribution in [0.2, 0.25) is 0 Å². The summed E-state index contributed by atoms with van der Waals surface area (Å²) < 4.78 is 0. The van der Waals surface area contributed by atoms with Crippen molar-refractivity contribution in [1.29, 1.82) is 0 Å². The Morgan fingerprint density at radius 2 is 1.97 bits per heavy atom. The van der Waals surface area contributed by atoms with Crippen molar-refractivity contribution in [1.82, 2.24) is 29.8 Å². The molecule has 1 aliphatic rings. The molecule has 2 N–H and O–H groups in total. The van der Waals surface area contributed by atoms with Crippen LogP contribution < -0.4 is 5.32 Å². The number of thiazole rings is 1. The van der Waals surface area contributed by atoms with E-state index in [2.05, 4.69) is 25.3 Å². The molecular formula is C24H23N7O2S. The van der Waals surface area contributed by atoms with Crippen LogP contribution in [-0.4, -0.2) is 54.4 Å². The van der Waals surface area contributed by atoms with Gasteiger partial charge in [0.25, 0.3) is 5.91 Å². The van der Waals surface area contributed by atoms with Crippen LogP contribution >= 0.6 is 11.3 Å². The molecule has 172 valence electrons. The fraction of sp³-hybridized carbons (Fsp3) is 0.250. The molecule has 4 aromatic rings. The van der Waals surface area contributed by atoms with Crippen molar-refractivity contribution in [3.05, 3.63) is 71.3 Å². The van der Waals surface area contributed by atoms with Gasteiger partial charge >= 0.3 is 0 Å². The van der Waals surface area contributed by atoms with Crippen LogP contribution in [0.15, 0.2) is 54.2 Å². The number of carbonyl (C=O) groups excluding carboxylic acids is 1. The number of nitrogens with one attached hydrogen (secondary N) is 1. The van der Waals surface area contributed by atoms with Crippen LogP contribution in [0.3, 0.4) is 0 Å². The highest BCUT2D eigenvalue weighted by Crippen LogP contribution is 2.36. The first-order valence-corrected chi connectivity index (χ1v) is 11.7. The van der Waals surface area contributed by atoms with Crippen LogP contribution in [0.25, 0.3) is 22.0 Å². The Kier molecular flexibility index (Phi) is 5.76. The van der Waals surface area contributed by atoms with Gasteiger partial charge in [0.2, 0.25) is 5.95 Å². The topological polar surface area (TPSA) is 117 Å². The van der Waals surface area contributed by atoms with E-state index in [4.69, 9.17) is 4.98 Å². The van der Waals surface area contributed by atoms with E-state index in [1.807, 2.05) is 36.6 Å². The summed E-state index contributed by atoms with van der Waals surface area (Å²) in [5.41, 5.74) is 2.25. The first-order valence-electron chi connectivity index (χ1n) is 10.8. The Hall–Kier alpha value is -3.76. The summed E-state index contributed by atoms with van der Waals surface area (Å²) in [6.07, 6.45) is 3.78. The lowest BCUT2D eigenvalue weighted by atomic mass is 9.91. The van der Waals surface area contributed by atoms with Crippen molar-refractivity contribution >= 4 is 23.2 Å². The molecule has 3 aromatic heterocycles. The van der Waals surface area contributed by atoms with Crippen LogP contribution in [0.1, 0.15) is 23.5 Å². The molecule has 1 saturated heterocycles. The lowest BCUT2D eigenvalue weighted by molar-refractivity contribution is -0.143. The minimum absolute atomic E-state index is 0.276. The highest BCUT2D eigenvalue weighted by molar-refractivity contribution is 7.13. The van der Waals surface area contributed by atoms with E-state index in [0.29, 0.717) is 42.5 Å². The maximum absolute atomic E-state index is 12.5. The van der Waals surface area contributed by atoms with Crippen molar-refractivity contribution in [2.75, 3.05) is 18.9 Å². The normalized spacial score (nSPS) is 17.9. The molecule has 0 radical (unpaired) electrons. The molecule has 34 heavy (non-hydrogen) atoms. The second-order valence-corrected chi connectivity index (χ2v) is 9.05. The molecule has 5 rings (SSSR count). The standard InChI is InChI=1S/C24H23N7O2S/c1-15-6-9-25-20(28-15)13-27-23-26-10-7-18(30-23)19-14-34-21(29-19)16-4-3-5-17(12-16)24(33)8-11-31(2)22(24)32/h3-7,9-10,12,14,33H,8,11,13H2,1-2H3,(H,26,27,30). The Bertz CT molecular complexity index is 1360. The molecule has 0 bridgehead atoms. The van der Waals surface area contributed by atoms with Crippen LogP contribution in [0, 0.1) is 6.92 Å². The van der Waals surface area contributed by atoms with Gasteiger partial charge in [-0.15, -0.1) is 11.3 Å². The Balaban J connectivity index is 1.36. The molecule has 1 atom stereocenters. The molecule has 1 amide bonds. The minimum Gasteiger partial charge on any atom is -0.375 e. The van der Waals surface area contributed by atoms with Gasteiger partial charge in [0.15, 0.2) is 5.60 Å². The quantitative estimate of drug-likeness (QED) is 0.439. The van der Waals surface area contributed by atoms with E-state index in [9.17, 15) is 9.90 Å². The predicted octanol–water partition coefficient (Wildman–Crippen LogP) is 3.03. The molecule has 0 aliphatic carbocycles. The number of hydrogen-bond donors (Lipinski definition) is 2. The van der Waals surface area contributed by atoms with Crippen molar-refractivity contribution in [3.8, 4) is 22.0 Å². The van der Waals surface area contributed by atoms with Gasteiger partial charge in [-0.25, -0.2) is 24.9 Å². The van der Waals surface area contributed by atoms with Gasteiger partial charge in [0.05, 0.1) is 12.2 Å². The Morgan fingerprint density at radius 1 is 1.12 bits per heavy atom. The molecule has 10 heteroatoms. The predicted molar refractivity (Wildman–Crippen MR) is 129 cm³/mol. The van der Waals surface area contributed by atoms with Gasteiger partial charge in [0.1, 0.15) is 16.5 Å². The number of hydrogen-bond acceptors (Lipinski definition) is 9. The van der Waals surface area contributed by atoms with E-state index in [1.54, 1.807) is 36.5 Å². The van der Waals surface area contributed by atoms with Crippen LogP contribution in [0.5, 0.6) is 0 Å². The molecule has 0 spiro atoms. The summed E-state index contributed by atoms with van der Waals surface area (Å²) in [5.74, 6) is 0.852. The zero-order valence-corrected chi connectivity index (χ0v) is 19.6. The third-order valence-electron chi connectivity index (χ3n) is 5.77. The molecular weight excluding hydrogens is 450 g/mol. The monoisotopic (exact) mass is 473 g/mol. The minimum atomic E-state index is -1.49. The summed E-state index contributed by atoms with van der Waals surface area (Å²) in [6.45, 7) is 2.86. The van der Waals surface area contributed by atoms with E-state index in [-0.39, 0.29) is 5.91 Å². The van der Waals surface area contributed by atoms with Gasteiger partial charge in [0, 0.05) is 49.0 Å². The second kappa shape index (κ2) is 8.88. The zero-order chi connectivity index (χ0) is 23.7. The van der Waals surface area contributed by atoms with E-state index in [1.165, 1.54) is 11.3 Å². The fourth-order valence-electron chi connectivity index (χ4n) is 3.89. The maximum atomic E-state index is 12.5. The summed E-state index contributed by atoms with van der Waals surface area (Å²) in [7, 11) is 1.70. The third kappa shape index (κ3) is 4.25. The number of aliphatic hydroxyl groups is 1. The van der Waals surface area contributed by atoms with Crippen molar-refractivity contribution in [3.63, 3.8) is 0 Å². The third-order valence-corrected chi connectivity index (χ3v) is 6.66. The number of amides is 1. The number of rotatable bonds is 6. The van der Waals surface area contributed by atoms with Crippen LogP contribution in [0.4, 0.5) is 5.95 Å². The summed E-state index contributed by atoms with van der Waals surface area (Å²) in [4.78, 5) is 36.3. The molecule has 1 aromatic carbocycles. The number of likely N-dealkylation sites (tertiary alicyclic amines) is 1. The average molecular weight is 474 g/mol. The molecule has 0 saturated carbocycles. The van der Waals surface area contributed by atoms with Crippen molar-refractivity contribution in [2.24, 2.45) is 0 Å². The summed E-state index contributed by atoms with van der Waals surface area (Å²) >= 11 is 1.48. The van der Waals surface area contributed by atoms with Gasteiger partial charge < -0.3 is 15.3 Å². The largest absolute Gasteiger partial charge is 0.375 e. The van der Waals surface area contributed by atoms with Gasteiger partial charge in [-0.05, 0) is 30.7 Å². The molecule has 1 unspecified atom stereocenters. The van der Waals surface area contributed by atoms with Crippen LogP contribution in [-0.2, 0) is 16.9 Å². The van der Waals surface area contributed by atoms with Crippen molar-refractivity contribution < 1.29 is 9.90 Å². The smallest absolute Gasteiger partial charge is 0.258 e. The van der Waals surface area contributed by atoms with Gasteiger partial charge in [-0.2, -0.15) is 0 Å². The first-order chi connectivity index (χ1) is 16.4. The first kappa shape index (κ1) is 22.1. The highest BCUT2D eigenvalue weighted by atomic mass is 32.1. The summed E-state index contributed by atoms with van der Waals surface area (Å²) in [5, 5.41) is 16.9. The number of carbonyl (C=O) groups is 1. The van der Waals surface area contributed by atoms with Crippen molar-refractivity contribution in [2.45, 2.75) is 25.5 Å². The van der Waals surface area contributed by atoms with Gasteiger partial charge in [-0.3, -0.25) is 4.79 Å². The molecule has 9 nitrogen and oxygen atoms in total. The number of aryl methyl sites for hydroxylation is 1. The zero-order valence-electron chi connectivity index (χ0n) is 18.8. The number of benzene rings is 1. The molecule has 4 heterocycles. The fourth-order valence-corrected chi connectivity index (χ4v) is 4.70. The number of anilines is 1. The molecule has 1 aliphatic heterocycles. The van der Waals surface area contributed by atoms with Gasteiger partial charge in [-0.1, -0.05) is 18.2 Å². The van der Waals surface area contributed by atoms with E-state index in [0.717, 1.165) is 22.0 Å². The molecule has 1 fully saturated rings. The number of aromatic nitrogens is 5. The Morgan fingerprint density at radius 3 is 2.76 bits per heavy atom. The summed E-state index contributed by atoms with van der Waals surface area (Å²) in [6, 6.07) is 11.0. The maximum Gasteiger partial charge on any atom is 0.258 e. The SMILES string of the molecule is Cc1ccnc(CNc2nccc(-c3csc(-c4cccc(C5(O)CCN(C)C5=O)c4)n3)n2)n1.